The van der Waals surface area contributed by atoms with Crippen molar-refractivity contribution < 1.29 is 27.5 Å². The maximum Gasteiger partial charge on any atom is 0.414 e. The molecule has 34 heavy (non-hydrogen) atoms. The van der Waals surface area contributed by atoms with Crippen molar-refractivity contribution in [1.82, 2.24) is 0 Å². The smallest absolute Gasteiger partial charge is 0.414 e. The lowest BCUT2D eigenvalue weighted by Crippen LogP contribution is -2.52. The van der Waals surface area contributed by atoms with Crippen molar-refractivity contribution in [2.24, 2.45) is 0 Å². The topological polar surface area (TPSA) is 93.2 Å². The lowest BCUT2D eigenvalue weighted by atomic mass is 10.0. The number of hydrogen-bond acceptors (Lipinski definition) is 6. The summed E-state index contributed by atoms with van der Waals surface area (Å²) in [4.78, 5) is 29.1. The van der Waals surface area contributed by atoms with Gasteiger partial charge in [0.25, 0.3) is 0 Å². The fourth-order valence-corrected chi connectivity index (χ4v) is 5.42. The van der Waals surface area contributed by atoms with Gasteiger partial charge in [0.2, 0.25) is 5.91 Å². The van der Waals surface area contributed by atoms with Gasteiger partial charge in [-0.15, -0.1) is 0 Å². The Kier molecular flexibility index (Phi) is 6.95. The summed E-state index contributed by atoms with van der Waals surface area (Å²) in [6.45, 7) is 6.42. The third-order valence-electron chi connectivity index (χ3n) is 6.32. The lowest BCUT2D eigenvalue weighted by Gasteiger charge is -2.41. The van der Waals surface area contributed by atoms with Gasteiger partial charge in [0, 0.05) is 26.3 Å². The van der Waals surface area contributed by atoms with Gasteiger partial charge < -0.3 is 14.4 Å². The average molecular weight is 487 g/mol. The first kappa shape index (κ1) is 24.2. The molecule has 0 N–H and O–H groups in total. The van der Waals surface area contributed by atoms with E-state index >= 15 is 0 Å². The molecule has 4 rings (SSSR count). The Balaban J connectivity index is 1.74. The number of amides is 2. The van der Waals surface area contributed by atoms with Crippen LogP contribution >= 0.6 is 0 Å². The van der Waals surface area contributed by atoms with E-state index in [4.69, 9.17) is 9.47 Å². The summed E-state index contributed by atoms with van der Waals surface area (Å²) >= 11 is 0. The molecule has 2 aliphatic heterocycles. The van der Waals surface area contributed by atoms with E-state index < -0.39 is 15.9 Å². The molecule has 2 amide bonds. The highest BCUT2D eigenvalue weighted by atomic mass is 32.2. The number of nitrogens with zero attached hydrogens (tertiary/aromatic N) is 2. The minimum absolute atomic E-state index is 0.0118. The molecule has 0 spiro atoms. The highest BCUT2D eigenvalue weighted by molar-refractivity contribution is 7.91. The van der Waals surface area contributed by atoms with E-state index in [0.29, 0.717) is 49.5 Å². The number of fused-ring (bicyclic) bond motifs is 1. The first-order valence-electron chi connectivity index (χ1n) is 11.5. The zero-order valence-corrected chi connectivity index (χ0v) is 20.5. The summed E-state index contributed by atoms with van der Waals surface area (Å²) < 4.78 is 35.9. The van der Waals surface area contributed by atoms with Crippen LogP contribution in [0.4, 0.5) is 16.2 Å². The second kappa shape index (κ2) is 9.76. The SMILES string of the molecule is CCS(=O)(=O)c1cccc(-c2ccc3c(c2)N(C(=O)OC2CCOCC2)C[C@H](C)N3C(C)=O)c1. The molecule has 1 atom stereocenters. The van der Waals surface area contributed by atoms with Crippen LogP contribution in [0.25, 0.3) is 11.1 Å². The van der Waals surface area contributed by atoms with Gasteiger partial charge in [0.15, 0.2) is 9.84 Å². The van der Waals surface area contributed by atoms with Crippen molar-refractivity contribution in [3.8, 4) is 11.1 Å². The van der Waals surface area contributed by atoms with Crippen molar-refractivity contribution in [3.05, 3.63) is 42.5 Å². The van der Waals surface area contributed by atoms with Crippen LogP contribution in [0.5, 0.6) is 0 Å². The molecule has 1 fully saturated rings. The molecular formula is C25H30N2O6S. The molecule has 0 bridgehead atoms. The molecule has 2 aromatic carbocycles. The first-order chi connectivity index (χ1) is 16.2. The van der Waals surface area contributed by atoms with E-state index in [1.54, 1.807) is 41.0 Å². The molecule has 0 aliphatic carbocycles. The fourth-order valence-electron chi connectivity index (χ4n) is 4.49. The summed E-state index contributed by atoms with van der Waals surface area (Å²) in [7, 11) is -3.36. The second-order valence-corrected chi connectivity index (χ2v) is 11.0. The summed E-state index contributed by atoms with van der Waals surface area (Å²) in [5.74, 6) is -0.104. The van der Waals surface area contributed by atoms with Gasteiger partial charge in [-0.05, 0) is 42.3 Å². The number of sulfone groups is 1. The van der Waals surface area contributed by atoms with Crippen LogP contribution in [-0.4, -0.2) is 58.1 Å². The summed E-state index contributed by atoms with van der Waals surface area (Å²) in [6.07, 6.45) is 0.647. The van der Waals surface area contributed by atoms with E-state index in [1.165, 1.54) is 6.92 Å². The molecule has 182 valence electrons. The normalized spacial score (nSPS) is 19.0. The third kappa shape index (κ3) is 4.81. The number of anilines is 2. The average Bonchev–Trinajstić information content (AvgIpc) is 2.83. The van der Waals surface area contributed by atoms with Crippen LogP contribution in [0.2, 0.25) is 0 Å². The van der Waals surface area contributed by atoms with Gasteiger partial charge in [-0.2, -0.15) is 0 Å². The van der Waals surface area contributed by atoms with Crippen molar-refractivity contribution >= 4 is 33.2 Å². The van der Waals surface area contributed by atoms with E-state index in [2.05, 4.69) is 0 Å². The van der Waals surface area contributed by atoms with Crippen LogP contribution in [0.15, 0.2) is 47.4 Å². The maximum absolute atomic E-state index is 13.2. The molecule has 2 aromatic rings. The largest absolute Gasteiger partial charge is 0.446 e. The summed E-state index contributed by atoms with van der Waals surface area (Å²) in [5.41, 5.74) is 2.64. The van der Waals surface area contributed by atoms with Crippen molar-refractivity contribution in [2.75, 3.05) is 35.3 Å². The van der Waals surface area contributed by atoms with Crippen molar-refractivity contribution in [2.45, 2.75) is 50.7 Å². The predicted octanol–water partition coefficient (Wildman–Crippen LogP) is 4.02. The van der Waals surface area contributed by atoms with Crippen LogP contribution in [0.1, 0.15) is 33.6 Å². The minimum atomic E-state index is -3.36. The van der Waals surface area contributed by atoms with Gasteiger partial charge in [-0.3, -0.25) is 9.69 Å². The van der Waals surface area contributed by atoms with Crippen molar-refractivity contribution in [1.29, 1.82) is 0 Å². The zero-order valence-electron chi connectivity index (χ0n) is 19.7. The van der Waals surface area contributed by atoms with Gasteiger partial charge in [0.05, 0.1) is 41.3 Å². The third-order valence-corrected chi connectivity index (χ3v) is 8.05. The molecule has 2 aliphatic rings. The molecule has 0 radical (unpaired) electrons. The predicted molar refractivity (Wildman–Crippen MR) is 130 cm³/mol. The number of benzene rings is 2. The Morgan fingerprint density at radius 3 is 2.44 bits per heavy atom. The highest BCUT2D eigenvalue weighted by Crippen LogP contribution is 2.39. The van der Waals surface area contributed by atoms with Crippen LogP contribution in [0, 0.1) is 0 Å². The van der Waals surface area contributed by atoms with E-state index in [9.17, 15) is 18.0 Å². The molecule has 0 aromatic heterocycles. The number of carbonyl (C=O) groups excluding carboxylic acids is 2. The molecule has 8 nitrogen and oxygen atoms in total. The number of carbonyl (C=O) groups is 2. The molecule has 9 heteroatoms. The van der Waals surface area contributed by atoms with Gasteiger partial charge in [-0.1, -0.05) is 25.1 Å². The van der Waals surface area contributed by atoms with Crippen LogP contribution < -0.4 is 9.80 Å². The minimum Gasteiger partial charge on any atom is -0.446 e. The Morgan fingerprint density at radius 1 is 1.06 bits per heavy atom. The molecule has 0 unspecified atom stereocenters. The van der Waals surface area contributed by atoms with Gasteiger partial charge in [0.1, 0.15) is 6.10 Å². The molecule has 0 saturated carbocycles. The van der Waals surface area contributed by atoms with Crippen molar-refractivity contribution in [3.63, 3.8) is 0 Å². The Labute approximate surface area is 200 Å². The summed E-state index contributed by atoms with van der Waals surface area (Å²) in [5, 5.41) is 0. The summed E-state index contributed by atoms with van der Waals surface area (Å²) in [6, 6.07) is 12.0. The van der Waals surface area contributed by atoms with E-state index in [1.807, 2.05) is 25.1 Å². The Hall–Kier alpha value is -2.91. The quantitative estimate of drug-likeness (QED) is 0.648. The standard InChI is InChI=1S/C25H30N2O6S/c1-4-34(30,31)22-7-5-6-19(14-22)20-8-9-23-24(15-20)26(16-17(2)27(23)18(3)28)25(29)33-21-10-12-32-13-11-21/h5-9,14-15,17,21H,4,10-13,16H2,1-3H3/t17-/m0/s1. The Bertz CT molecular complexity index is 1190. The number of rotatable bonds is 4. The number of hydrogen-bond donors (Lipinski definition) is 0. The first-order valence-corrected chi connectivity index (χ1v) is 13.2. The lowest BCUT2D eigenvalue weighted by molar-refractivity contribution is -0.117. The van der Waals surface area contributed by atoms with Crippen LogP contribution in [0.3, 0.4) is 0 Å². The highest BCUT2D eigenvalue weighted by Gasteiger charge is 2.35. The maximum atomic E-state index is 13.2. The molecule has 1 saturated heterocycles. The van der Waals surface area contributed by atoms with Gasteiger partial charge in [-0.25, -0.2) is 13.2 Å². The van der Waals surface area contributed by atoms with Crippen LogP contribution in [-0.2, 0) is 24.1 Å². The monoisotopic (exact) mass is 486 g/mol. The van der Waals surface area contributed by atoms with E-state index in [0.717, 1.165) is 5.56 Å². The van der Waals surface area contributed by atoms with E-state index in [-0.39, 0.29) is 28.7 Å². The molecular weight excluding hydrogens is 456 g/mol. The zero-order chi connectivity index (χ0) is 24.5. The number of ether oxygens (including phenoxy) is 2. The van der Waals surface area contributed by atoms with Gasteiger partial charge >= 0.3 is 6.09 Å². The Morgan fingerprint density at radius 2 is 1.76 bits per heavy atom. The second-order valence-electron chi connectivity index (χ2n) is 8.68. The fraction of sp³-hybridized carbons (Fsp3) is 0.440. The molecule has 2 heterocycles.